The van der Waals surface area contributed by atoms with E-state index in [9.17, 15) is 4.79 Å². The van der Waals surface area contributed by atoms with Crippen LogP contribution in [0.2, 0.25) is 0 Å². The van der Waals surface area contributed by atoms with E-state index in [1.165, 1.54) is 4.88 Å². The molecule has 0 saturated heterocycles. The van der Waals surface area contributed by atoms with Crippen LogP contribution < -0.4 is 0 Å². The van der Waals surface area contributed by atoms with Gasteiger partial charge < -0.3 is 9.80 Å². The molecule has 0 atom stereocenters. The fourth-order valence-corrected chi connectivity index (χ4v) is 2.39. The summed E-state index contributed by atoms with van der Waals surface area (Å²) < 4.78 is 0. The molecule has 1 aliphatic heterocycles. The van der Waals surface area contributed by atoms with Gasteiger partial charge in [-0.1, -0.05) is 20.8 Å². The third-order valence-electron chi connectivity index (χ3n) is 2.33. The molecule has 0 radical (unpaired) electrons. The second-order valence-corrected chi connectivity index (χ2v) is 6.24. The van der Waals surface area contributed by atoms with E-state index in [1.54, 1.807) is 30.3 Å². The molecule has 5 heteroatoms. The van der Waals surface area contributed by atoms with Gasteiger partial charge in [-0.3, -0.25) is 0 Å². The van der Waals surface area contributed by atoms with Crippen LogP contribution >= 0.6 is 11.3 Å². The van der Waals surface area contributed by atoms with Crippen molar-refractivity contribution in [2.45, 2.75) is 33.7 Å². The summed E-state index contributed by atoms with van der Waals surface area (Å²) in [6, 6.07) is 0.0871. The van der Waals surface area contributed by atoms with Gasteiger partial charge in [0.1, 0.15) is 0 Å². The zero-order valence-electron chi connectivity index (χ0n) is 11.9. The van der Waals surface area contributed by atoms with Crippen LogP contribution in [0.4, 0.5) is 4.79 Å². The summed E-state index contributed by atoms with van der Waals surface area (Å²) in [5.74, 6) is 0.833. The first-order valence-electron chi connectivity index (χ1n) is 6.29. The van der Waals surface area contributed by atoms with E-state index in [2.05, 4.69) is 25.8 Å². The van der Waals surface area contributed by atoms with Gasteiger partial charge in [0.2, 0.25) is 0 Å². The first kappa shape index (κ1) is 15.0. The smallest absolute Gasteiger partial charge is 0.319 e. The molecule has 0 aromatic carbocycles. The van der Waals surface area contributed by atoms with E-state index in [0.717, 1.165) is 31.1 Å². The van der Waals surface area contributed by atoms with Crippen molar-refractivity contribution in [1.82, 2.24) is 14.8 Å². The topological polar surface area (TPSA) is 36.4 Å². The number of thiazole rings is 1. The standard InChI is InChI=1S/C9H13N3OS.C4H10/c1-11(2)9(13)12-4-3-7-8(5-12)14-6-10-7;1-4(2)3/h6H,3-5H2,1-2H3;4H,1-3H3. The Kier molecular flexibility index (Phi) is 5.59. The molecular weight excluding hydrogens is 246 g/mol. The highest BCUT2D eigenvalue weighted by Crippen LogP contribution is 2.21. The fraction of sp³-hybridized carbons (Fsp3) is 0.692. The summed E-state index contributed by atoms with van der Waals surface area (Å²) in [4.78, 5) is 20.6. The Morgan fingerprint density at radius 2 is 2.06 bits per heavy atom. The van der Waals surface area contributed by atoms with E-state index >= 15 is 0 Å². The van der Waals surface area contributed by atoms with Crippen molar-refractivity contribution >= 4 is 17.4 Å². The van der Waals surface area contributed by atoms with Crippen LogP contribution in [-0.2, 0) is 13.0 Å². The molecular formula is C13H23N3OS. The first-order chi connectivity index (χ1) is 8.41. The Balaban J connectivity index is 0.000000357. The van der Waals surface area contributed by atoms with Crippen molar-refractivity contribution in [3.63, 3.8) is 0 Å². The summed E-state index contributed by atoms with van der Waals surface area (Å²) in [6.45, 7) is 8.00. The quantitative estimate of drug-likeness (QED) is 0.726. The monoisotopic (exact) mass is 269 g/mol. The molecule has 0 fully saturated rings. The lowest BCUT2D eigenvalue weighted by Gasteiger charge is -2.28. The summed E-state index contributed by atoms with van der Waals surface area (Å²) in [7, 11) is 3.56. The number of hydrogen-bond acceptors (Lipinski definition) is 3. The molecule has 1 aromatic rings. The number of hydrogen-bond donors (Lipinski definition) is 0. The highest BCUT2D eigenvalue weighted by atomic mass is 32.1. The molecule has 0 unspecified atom stereocenters. The fourth-order valence-electron chi connectivity index (χ4n) is 1.57. The molecule has 2 rings (SSSR count). The highest BCUT2D eigenvalue weighted by molar-refractivity contribution is 7.09. The number of aromatic nitrogens is 1. The summed E-state index contributed by atoms with van der Waals surface area (Å²) in [5.41, 5.74) is 3.02. The van der Waals surface area contributed by atoms with Crippen LogP contribution in [0.3, 0.4) is 0 Å². The molecule has 102 valence electrons. The SMILES string of the molecule is CC(C)C.CN(C)C(=O)N1CCc2ncsc2C1. The lowest BCUT2D eigenvalue weighted by atomic mass is 10.2. The molecule has 18 heavy (non-hydrogen) atoms. The van der Waals surface area contributed by atoms with Crippen LogP contribution in [0.25, 0.3) is 0 Å². The highest BCUT2D eigenvalue weighted by Gasteiger charge is 2.23. The maximum atomic E-state index is 11.7. The van der Waals surface area contributed by atoms with Gasteiger partial charge in [0, 0.05) is 31.9 Å². The van der Waals surface area contributed by atoms with Crippen LogP contribution in [0.5, 0.6) is 0 Å². The number of carbonyl (C=O) groups is 1. The number of fused-ring (bicyclic) bond motifs is 1. The summed E-state index contributed by atoms with van der Waals surface area (Å²) >= 11 is 1.63. The van der Waals surface area contributed by atoms with E-state index in [4.69, 9.17) is 0 Å². The number of carbonyl (C=O) groups excluding carboxylic acids is 1. The summed E-state index contributed by atoms with van der Waals surface area (Å²) in [5, 5.41) is 0. The maximum Gasteiger partial charge on any atom is 0.319 e. The normalized spacial score (nSPS) is 13.8. The van der Waals surface area contributed by atoms with Gasteiger partial charge in [0.25, 0.3) is 0 Å². The minimum absolute atomic E-state index is 0.0871. The first-order valence-corrected chi connectivity index (χ1v) is 7.17. The Morgan fingerprint density at radius 3 is 2.61 bits per heavy atom. The lowest BCUT2D eigenvalue weighted by Crippen LogP contribution is -2.41. The molecule has 0 spiro atoms. The zero-order chi connectivity index (χ0) is 13.7. The van der Waals surface area contributed by atoms with Gasteiger partial charge in [0.15, 0.2) is 0 Å². The van der Waals surface area contributed by atoms with Gasteiger partial charge in [-0.25, -0.2) is 9.78 Å². The maximum absolute atomic E-state index is 11.7. The molecule has 0 saturated carbocycles. The predicted octanol–water partition coefficient (Wildman–Crippen LogP) is 2.85. The second-order valence-electron chi connectivity index (χ2n) is 5.30. The van der Waals surface area contributed by atoms with Gasteiger partial charge in [-0.05, 0) is 5.92 Å². The zero-order valence-corrected chi connectivity index (χ0v) is 12.8. The van der Waals surface area contributed by atoms with Gasteiger partial charge in [0.05, 0.1) is 17.7 Å². The minimum atomic E-state index is 0.0871. The number of rotatable bonds is 0. The number of nitrogens with zero attached hydrogens (tertiary/aromatic N) is 3. The van der Waals surface area contributed by atoms with Crippen LogP contribution in [0, 0.1) is 5.92 Å². The number of amides is 2. The number of urea groups is 1. The van der Waals surface area contributed by atoms with Gasteiger partial charge in [-0.2, -0.15) is 0 Å². The average molecular weight is 269 g/mol. The van der Waals surface area contributed by atoms with Crippen molar-refractivity contribution in [3.05, 3.63) is 16.1 Å². The third-order valence-corrected chi connectivity index (χ3v) is 3.19. The van der Waals surface area contributed by atoms with Gasteiger partial charge in [-0.15, -0.1) is 11.3 Å². The van der Waals surface area contributed by atoms with Crippen molar-refractivity contribution < 1.29 is 4.79 Å². The molecule has 0 N–H and O–H groups in total. The van der Waals surface area contributed by atoms with E-state index in [-0.39, 0.29) is 6.03 Å². The minimum Gasteiger partial charge on any atom is -0.331 e. The Morgan fingerprint density at radius 1 is 1.44 bits per heavy atom. The van der Waals surface area contributed by atoms with Gasteiger partial charge >= 0.3 is 6.03 Å². The van der Waals surface area contributed by atoms with Crippen molar-refractivity contribution in [2.75, 3.05) is 20.6 Å². The van der Waals surface area contributed by atoms with Crippen LogP contribution in [0.15, 0.2) is 5.51 Å². The average Bonchev–Trinajstić information content (AvgIpc) is 2.73. The van der Waals surface area contributed by atoms with Crippen LogP contribution in [0.1, 0.15) is 31.3 Å². The van der Waals surface area contributed by atoms with E-state index in [1.807, 2.05) is 10.4 Å². The Labute approximate surface area is 114 Å². The Bertz CT molecular complexity index is 385. The largest absolute Gasteiger partial charge is 0.331 e. The predicted molar refractivity (Wildman–Crippen MR) is 75.8 cm³/mol. The Hall–Kier alpha value is -1.10. The molecule has 0 aliphatic carbocycles. The molecule has 2 heterocycles. The van der Waals surface area contributed by atoms with Crippen molar-refractivity contribution in [3.8, 4) is 0 Å². The molecule has 0 bridgehead atoms. The summed E-state index contributed by atoms with van der Waals surface area (Å²) in [6.07, 6.45) is 0.887. The van der Waals surface area contributed by atoms with E-state index < -0.39 is 0 Å². The second kappa shape index (κ2) is 6.73. The lowest BCUT2D eigenvalue weighted by molar-refractivity contribution is 0.166. The van der Waals surface area contributed by atoms with Crippen molar-refractivity contribution in [2.24, 2.45) is 5.92 Å². The molecule has 4 nitrogen and oxygen atoms in total. The third kappa shape index (κ3) is 4.29. The van der Waals surface area contributed by atoms with E-state index in [0.29, 0.717) is 0 Å². The molecule has 1 aliphatic rings. The van der Waals surface area contributed by atoms with Crippen molar-refractivity contribution in [1.29, 1.82) is 0 Å². The molecule has 2 amide bonds. The van der Waals surface area contributed by atoms with Crippen LogP contribution in [-0.4, -0.2) is 41.5 Å². The molecule has 1 aromatic heterocycles.